The van der Waals surface area contributed by atoms with E-state index in [1.807, 2.05) is 18.3 Å². The molecule has 2 aromatic rings. The Bertz CT molecular complexity index is 923. The van der Waals surface area contributed by atoms with Gasteiger partial charge in [-0.25, -0.2) is 0 Å². The lowest BCUT2D eigenvalue weighted by Crippen LogP contribution is -2.58. The Morgan fingerprint density at radius 2 is 1.88 bits per heavy atom. The van der Waals surface area contributed by atoms with Crippen molar-refractivity contribution in [2.45, 2.75) is 63.6 Å². The van der Waals surface area contributed by atoms with Crippen molar-refractivity contribution in [1.82, 2.24) is 19.7 Å². The van der Waals surface area contributed by atoms with Gasteiger partial charge in [0.15, 0.2) is 0 Å². The molecule has 0 radical (unpaired) electrons. The van der Waals surface area contributed by atoms with Gasteiger partial charge in [-0.2, -0.15) is 0 Å². The number of piperazine rings is 1. The van der Waals surface area contributed by atoms with E-state index >= 15 is 0 Å². The minimum Gasteiger partial charge on any atom is -0.375 e. The van der Waals surface area contributed by atoms with Gasteiger partial charge in [0.2, 0.25) is 5.91 Å². The predicted octanol–water partition coefficient (Wildman–Crippen LogP) is 3.28. The number of amides is 1. The molecule has 1 amide bonds. The van der Waals surface area contributed by atoms with E-state index in [4.69, 9.17) is 4.74 Å². The fraction of sp³-hybridized carbons (Fsp3) is 0.654. The van der Waals surface area contributed by atoms with Crippen LogP contribution in [-0.4, -0.2) is 89.2 Å². The van der Waals surface area contributed by atoms with Gasteiger partial charge >= 0.3 is 0 Å². The van der Waals surface area contributed by atoms with E-state index < -0.39 is 0 Å². The van der Waals surface area contributed by atoms with Gasteiger partial charge in [-0.05, 0) is 51.2 Å². The Morgan fingerprint density at radius 1 is 1.12 bits per heavy atom. The highest BCUT2D eigenvalue weighted by Gasteiger charge is 2.43. The zero-order valence-corrected chi connectivity index (χ0v) is 19.7. The number of nitrogens with one attached hydrogen (secondary N) is 1. The van der Waals surface area contributed by atoms with Crippen LogP contribution in [0.2, 0.25) is 0 Å². The molecule has 3 aliphatic heterocycles. The third-order valence-corrected chi connectivity index (χ3v) is 8.11. The number of hydrogen-bond donors (Lipinski definition) is 1. The van der Waals surface area contributed by atoms with Gasteiger partial charge in [-0.1, -0.05) is 18.2 Å². The molecule has 3 fully saturated rings. The highest BCUT2D eigenvalue weighted by atomic mass is 16.5. The molecule has 32 heavy (non-hydrogen) atoms. The number of carbonyl (C=O) groups excluding carboxylic acids is 1. The first kappa shape index (κ1) is 21.9. The maximum Gasteiger partial charge on any atom is 0.227 e. The highest BCUT2D eigenvalue weighted by Crippen LogP contribution is 2.37. The molecule has 5 rings (SSSR count). The highest BCUT2D eigenvalue weighted by molar-refractivity contribution is 5.88. The summed E-state index contributed by atoms with van der Waals surface area (Å²) in [6, 6.07) is 9.49. The van der Waals surface area contributed by atoms with Crippen LogP contribution in [0.25, 0.3) is 10.9 Å². The molecule has 1 aromatic heterocycles. The molecule has 0 unspecified atom stereocenters. The number of H-pyrrole nitrogens is 1. The number of ether oxygens (including phenoxy) is 1. The molecule has 1 spiro atoms. The SMILES string of the molecule is CC(C)N1CCN([C@@H]2CCOC3(CCN(C(=O)Cc4c[nH]c5ccccc45)CC3)C2)CC1. The lowest BCUT2D eigenvalue weighted by molar-refractivity contribution is -0.150. The Morgan fingerprint density at radius 3 is 2.62 bits per heavy atom. The van der Waals surface area contributed by atoms with Crippen LogP contribution in [0.1, 0.15) is 45.1 Å². The number of piperidine rings is 1. The van der Waals surface area contributed by atoms with E-state index in [1.54, 1.807) is 0 Å². The van der Waals surface area contributed by atoms with E-state index in [0.717, 1.165) is 61.8 Å². The minimum atomic E-state index is -0.0321. The van der Waals surface area contributed by atoms with Gasteiger partial charge in [-0.15, -0.1) is 0 Å². The van der Waals surface area contributed by atoms with Crippen LogP contribution < -0.4 is 0 Å². The molecule has 0 bridgehead atoms. The van der Waals surface area contributed by atoms with Gasteiger partial charge in [-0.3, -0.25) is 14.6 Å². The molecule has 3 saturated heterocycles. The predicted molar refractivity (Wildman–Crippen MR) is 128 cm³/mol. The topological polar surface area (TPSA) is 51.8 Å². The Kier molecular flexibility index (Phi) is 6.28. The van der Waals surface area contributed by atoms with E-state index in [1.165, 1.54) is 26.2 Å². The number of rotatable bonds is 4. The summed E-state index contributed by atoms with van der Waals surface area (Å²) in [4.78, 5) is 23.7. The Balaban J connectivity index is 1.15. The van der Waals surface area contributed by atoms with Crippen LogP contribution in [0, 0.1) is 0 Å². The number of fused-ring (bicyclic) bond motifs is 1. The normalized spacial score (nSPS) is 25.1. The van der Waals surface area contributed by atoms with Crippen molar-refractivity contribution < 1.29 is 9.53 Å². The van der Waals surface area contributed by atoms with Crippen molar-refractivity contribution >= 4 is 16.8 Å². The van der Waals surface area contributed by atoms with Crippen LogP contribution in [0.5, 0.6) is 0 Å². The number of hydrogen-bond acceptors (Lipinski definition) is 4. The van der Waals surface area contributed by atoms with Gasteiger partial charge in [0.25, 0.3) is 0 Å². The molecule has 1 atom stereocenters. The van der Waals surface area contributed by atoms with E-state index in [9.17, 15) is 4.79 Å². The van der Waals surface area contributed by atoms with Gasteiger partial charge < -0.3 is 14.6 Å². The van der Waals surface area contributed by atoms with Crippen molar-refractivity contribution in [1.29, 1.82) is 0 Å². The molecule has 1 aromatic carbocycles. The first-order valence-corrected chi connectivity index (χ1v) is 12.5. The minimum absolute atomic E-state index is 0.0321. The summed E-state index contributed by atoms with van der Waals surface area (Å²) in [7, 11) is 0. The fourth-order valence-corrected chi connectivity index (χ4v) is 6.00. The zero-order valence-electron chi connectivity index (χ0n) is 19.7. The lowest BCUT2D eigenvalue weighted by Gasteiger charge is -2.50. The van der Waals surface area contributed by atoms with Crippen molar-refractivity contribution in [3.63, 3.8) is 0 Å². The molecule has 0 saturated carbocycles. The Labute approximate surface area is 191 Å². The van der Waals surface area contributed by atoms with Crippen LogP contribution in [0.4, 0.5) is 0 Å². The summed E-state index contributed by atoms with van der Waals surface area (Å²) in [5.74, 6) is 0.238. The average molecular weight is 439 g/mol. The van der Waals surface area contributed by atoms with Gasteiger partial charge in [0, 0.05) is 75.1 Å². The number of nitrogens with zero attached hydrogens (tertiary/aromatic N) is 3. The molecule has 3 aliphatic rings. The molecule has 1 N–H and O–H groups in total. The second kappa shape index (κ2) is 9.16. The summed E-state index contributed by atoms with van der Waals surface area (Å²) >= 11 is 0. The monoisotopic (exact) mass is 438 g/mol. The molecule has 174 valence electrons. The van der Waals surface area contributed by atoms with Crippen LogP contribution in [0.15, 0.2) is 30.5 Å². The quantitative estimate of drug-likeness (QED) is 0.796. The van der Waals surface area contributed by atoms with E-state index in [2.05, 4.69) is 45.7 Å². The maximum atomic E-state index is 13.0. The number of para-hydroxylation sites is 1. The van der Waals surface area contributed by atoms with E-state index in [0.29, 0.717) is 18.5 Å². The number of aromatic nitrogens is 1. The lowest BCUT2D eigenvalue weighted by atomic mass is 9.81. The van der Waals surface area contributed by atoms with Crippen molar-refractivity contribution in [2.75, 3.05) is 45.9 Å². The third kappa shape index (κ3) is 4.45. The van der Waals surface area contributed by atoms with Gasteiger partial charge in [0.05, 0.1) is 12.0 Å². The number of benzene rings is 1. The van der Waals surface area contributed by atoms with Gasteiger partial charge in [0.1, 0.15) is 0 Å². The number of aromatic amines is 1. The van der Waals surface area contributed by atoms with Crippen molar-refractivity contribution in [2.24, 2.45) is 0 Å². The molecule has 6 heteroatoms. The largest absolute Gasteiger partial charge is 0.375 e. The fourth-order valence-electron chi connectivity index (χ4n) is 6.00. The second-order valence-electron chi connectivity index (χ2n) is 10.3. The summed E-state index contributed by atoms with van der Waals surface area (Å²) in [5, 5.41) is 1.16. The summed E-state index contributed by atoms with van der Waals surface area (Å²) in [6.07, 6.45) is 6.67. The summed E-state index contributed by atoms with van der Waals surface area (Å²) in [5.41, 5.74) is 2.17. The number of likely N-dealkylation sites (tertiary alicyclic amines) is 1. The summed E-state index contributed by atoms with van der Waals surface area (Å²) in [6.45, 7) is 11.8. The summed E-state index contributed by atoms with van der Waals surface area (Å²) < 4.78 is 6.40. The molecule has 4 heterocycles. The van der Waals surface area contributed by atoms with Crippen molar-refractivity contribution in [3.05, 3.63) is 36.0 Å². The molecule has 6 nitrogen and oxygen atoms in total. The standard InChI is InChI=1S/C26H38N4O2/c1-20(2)28-12-14-29(15-13-28)22-7-16-32-26(18-22)8-10-30(11-9-26)25(31)17-21-19-27-24-6-4-3-5-23(21)24/h3-6,19-20,22,27H,7-18H2,1-2H3/t22-/m1/s1. The smallest absolute Gasteiger partial charge is 0.227 e. The first-order chi connectivity index (χ1) is 15.5. The average Bonchev–Trinajstić information content (AvgIpc) is 3.22. The van der Waals surface area contributed by atoms with Crippen molar-refractivity contribution in [3.8, 4) is 0 Å². The van der Waals surface area contributed by atoms with Crippen LogP contribution in [0.3, 0.4) is 0 Å². The first-order valence-electron chi connectivity index (χ1n) is 12.5. The zero-order chi connectivity index (χ0) is 22.1. The maximum absolute atomic E-state index is 13.0. The van der Waals surface area contributed by atoms with Crippen LogP contribution >= 0.6 is 0 Å². The second-order valence-corrected chi connectivity index (χ2v) is 10.3. The molecular formula is C26H38N4O2. The number of carbonyl (C=O) groups is 1. The van der Waals surface area contributed by atoms with E-state index in [-0.39, 0.29) is 11.5 Å². The molecule has 0 aliphatic carbocycles. The van der Waals surface area contributed by atoms with Crippen LogP contribution in [-0.2, 0) is 16.0 Å². The third-order valence-electron chi connectivity index (χ3n) is 8.11. The molecular weight excluding hydrogens is 400 g/mol. The Hall–Kier alpha value is -1.89.